The standard InChI is InChI=1S/C13H14ClNO3/c14-9-3-1-8(2-4-9)12(16)7-11(13(17)18)15-10-5-6-10/h1-4,10-11,15H,5-7H2,(H,17,18). The summed E-state index contributed by atoms with van der Waals surface area (Å²) in [4.78, 5) is 23.0. The summed E-state index contributed by atoms with van der Waals surface area (Å²) in [6, 6.07) is 5.92. The van der Waals surface area contributed by atoms with Crippen LogP contribution in [0.2, 0.25) is 5.02 Å². The largest absolute Gasteiger partial charge is 0.480 e. The molecule has 0 bridgehead atoms. The van der Waals surface area contributed by atoms with Crippen LogP contribution in [0.3, 0.4) is 0 Å². The van der Waals surface area contributed by atoms with Crippen LogP contribution in [0.4, 0.5) is 0 Å². The monoisotopic (exact) mass is 267 g/mol. The molecule has 2 rings (SSSR count). The summed E-state index contributed by atoms with van der Waals surface area (Å²) in [6.45, 7) is 0. The third-order valence-electron chi connectivity index (χ3n) is 2.87. The SMILES string of the molecule is O=C(CC(NC1CC1)C(=O)O)c1ccc(Cl)cc1. The van der Waals surface area contributed by atoms with E-state index in [0.29, 0.717) is 10.6 Å². The van der Waals surface area contributed by atoms with Crippen LogP contribution in [0, 0.1) is 0 Å². The normalized spacial score (nSPS) is 16.3. The van der Waals surface area contributed by atoms with Crippen LogP contribution in [-0.2, 0) is 4.79 Å². The Balaban J connectivity index is 1.99. The van der Waals surface area contributed by atoms with E-state index in [0.717, 1.165) is 12.8 Å². The van der Waals surface area contributed by atoms with Crippen LogP contribution in [0.5, 0.6) is 0 Å². The highest BCUT2D eigenvalue weighted by Crippen LogP contribution is 2.20. The molecule has 0 amide bonds. The molecule has 96 valence electrons. The molecule has 1 atom stereocenters. The van der Waals surface area contributed by atoms with Crippen molar-refractivity contribution in [1.29, 1.82) is 0 Å². The number of benzene rings is 1. The van der Waals surface area contributed by atoms with E-state index in [1.807, 2.05) is 0 Å². The molecule has 0 aliphatic heterocycles. The van der Waals surface area contributed by atoms with Crippen molar-refractivity contribution in [1.82, 2.24) is 5.32 Å². The summed E-state index contributed by atoms with van der Waals surface area (Å²) < 4.78 is 0. The number of carbonyl (C=O) groups is 2. The number of ketones is 1. The zero-order valence-corrected chi connectivity index (χ0v) is 10.5. The van der Waals surface area contributed by atoms with Gasteiger partial charge in [0, 0.05) is 23.0 Å². The Morgan fingerprint density at radius 3 is 2.44 bits per heavy atom. The molecule has 0 radical (unpaired) electrons. The minimum Gasteiger partial charge on any atom is -0.480 e. The number of rotatable bonds is 6. The Labute approximate surface area is 110 Å². The van der Waals surface area contributed by atoms with Crippen molar-refractivity contribution in [3.8, 4) is 0 Å². The second-order valence-electron chi connectivity index (χ2n) is 4.47. The number of carboxylic acids is 1. The molecule has 2 N–H and O–H groups in total. The number of carboxylic acid groups (broad SMARTS) is 1. The fourth-order valence-corrected chi connectivity index (χ4v) is 1.82. The average Bonchev–Trinajstić information content (AvgIpc) is 3.12. The molecule has 5 heteroatoms. The molecule has 1 unspecified atom stereocenters. The van der Waals surface area contributed by atoms with E-state index >= 15 is 0 Å². The predicted octanol–water partition coefficient (Wildman–Crippen LogP) is 2.12. The topological polar surface area (TPSA) is 66.4 Å². The molecule has 0 heterocycles. The Bertz CT molecular complexity index is 454. The molecule has 1 aromatic rings. The number of Topliss-reactive ketones (excluding diaryl/α,β-unsaturated/α-hetero) is 1. The van der Waals surface area contributed by atoms with Crippen LogP contribution in [0.1, 0.15) is 29.6 Å². The van der Waals surface area contributed by atoms with Gasteiger partial charge in [-0.3, -0.25) is 9.59 Å². The number of aliphatic carboxylic acids is 1. The van der Waals surface area contributed by atoms with Gasteiger partial charge in [0.2, 0.25) is 0 Å². The molecular weight excluding hydrogens is 254 g/mol. The van der Waals surface area contributed by atoms with Crippen molar-refractivity contribution in [3.05, 3.63) is 34.9 Å². The molecule has 0 spiro atoms. The zero-order valence-electron chi connectivity index (χ0n) is 9.73. The molecule has 1 saturated carbocycles. The molecule has 1 fully saturated rings. The van der Waals surface area contributed by atoms with Crippen LogP contribution < -0.4 is 5.32 Å². The third-order valence-corrected chi connectivity index (χ3v) is 3.12. The Morgan fingerprint density at radius 2 is 1.94 bits per heavy atom. The summed E-state index contributed by atoms with van der Waals surface area (Å²) in [5.41, 5.74) is 0.489. The van der Waals surface area contributed by atoms with Gasteiger partial charge in [0.25, 0.3) is 0 Å². The lowest BCUT2D eigenvalue weighted by Gasteiger charge is -2.13. The first-order valence-corrected chi connectivity index (χ1v) is 6.21. The van der Waals surface area contributed by atoms with Gasteiger partial charge in [-0.15, -0.1) is 0 Å². The van der Waals surface area contributed by atoms with Crippen LogP contribution in [0.15, 0.2) is 24.3 Å². The van der Waals surface area contributed by atoms with Crippen LogP contribution in [0.25, 0.3) is 0 Å². The van der Waals surface area contributed by atoms with Crippen molar-refractivity contribution in [3.63, 3.8) is 0 Å². The summed E-state index contributed by atoms with van der Waals surface area (Å²) in [5, 5.41) is 12.6. The van der Waals surface area contributed by atoms with Gasteiger partial charge in [-0.1, -0.05) is 11.6 Å². The van der Waals surface area contributed by atoms with Gasteiger partial charge in [-0.25, -0.2) is 0 Å². The van der Waals surface area contributed by atoms with E-state index in [1.54, 1.807) is 24.3 Å². The van der Waals surface area contributed by atoms with Gasteiger partial charge in [0.05, 0.1) is 0 Å². The molecule has 1 aromatic carbocycles. The Hall–Kier alpha value is -1.39. The van der Waals surface area contributed by atoms with Gasteiger partial charge in [-0.2, -0.15) is 0 Å². The molecule has 0 aromatic heterocycles. The first kappa shape index (κ1) is 13.1. The highest BCUT2D eigenvalue weighted by Gasteiger charge is 2.29. The summed E-state index contributed by atoms with van der Waals surface area (Å²) in [7, 11) is 0. The zero-order chi connectivity index (χ0) is 13.1. The molecular formula is C13H14ClNO3. The van der Waals surface area contributed by atoms with Gasteiger partial charge >= 0.3 is 5.97 Å². The molecule has 1 aliphatic carbocycles. The highest BCUT2D eigenvalue weighted by atomic mass is 35.5. The number of carbonyl (C=O) groups excluding carboxylic acids is 1. The van der Waals surface area contributed by atoms with Crippen molar-refractivity contribution < 1.29 is 14.7 Å². The quantitative estimate of drug-likeness (QED) is 0.775. The van der Waals surface area contributed by atoms with E-state index in [1.165, 1.54) is 0 Å². The van der Waals surface area contributed by atoms with Crippen molar-refractivity contribution >= 4 is 23.4 Å². The molecule has 0 saturated heterocycles. The van der Waals surface area contributed by atoms with E-state index in [2.05, 4.69) is 5.32 Å². The minimum atomic E-state index is -0.982. The minimum absolute atomic E-state index is 0.0343. The number of nitrogens with one attached hydrogen (secondary N) is 1. The smallest absolute Gasteiger partial charge is 0.321 e. The second-order valence-corrected chi connectivity index (χ2v) is 4.90. The van der Waals surface area contributed by atoms with Crippen molar-refractivity contribution in [2.45, 2.75) is 31.3 Å². The van der Waals surface area contributed by atoms with E-state index in [4.69, 9.17) is 16.7 Å². The second kappa shape index (κ2) is 5.50. The maximum atomic E-state index is 11.9. The number of hydrogen-bond donors (Lipinski definition) is 2. The van der Waals surface area contributed by atoms with Crippen LogP contribution in [-0.4, -0.2) is 28.9 Å². The summed E-state index contributed by atoms with van der Waals surface area (Å²) in [6.07, 6.45) is 1.94. The Morgan fingerprint density at radius 1 is 1.33 bits per heavy atom. The van der Waals surface area contributed by atoms with E-state index in [-0.39, 0.29) is 18.2 Å². The van der Waals surface area contributed by atoms with Crippen molar-refractivity contribution in [2.24, 2.45) is 0 Å². The first-order valence-electron chi connectivity index (χ1n) is 5.84. The van der Waals surface area contributed by atoms with Gasteiger partial charge in [0.1, 0.15) is 6.04 Å². The fraction of sp³-hybridized carbons (Fsp3) is 0.385. The first-order chi connectivity index (χ1) is 8.56. The Kier molecular flexibility index (Phi) is 3.99. The highest BCUT2D eigenvalue weighted by molar-refractivity contribution is 6.30. The van der Waals surface area contributed by atoms with Crippen molar-refractivity contribution in [2.75, 3.05) is 0 Å². The number of hydrogen-bond acceptors (Lipinski definition) is 3. The van der Waals surface area contributed by atoms with E-state index < -0.39 is 12.0 Å². The fourth-order valence-electron chi connectivity index (χ4n) is 1.69. The van der Waals surface area contributed by atoms with E-state index in [9.17, 15) is 9.59 Å². The van der Waals surface area contributed by atoms with Gasteiger partial charge < -0.3 is 10.4 Å². The number of halogens is 1. The van der Waals surface area contributed by atoms with Crippen LogP contribution >= 0.6 is 11.6 Å². The third kappa shape index (κ3) is 3.55. The maximum absolute atomic E-state index is 11.9. The predicted molar refractivity (Wildman–Crippen MR) is 68.0 cm³/mol. The lowest BCUT2D eigenvalue weighted by Crippen LogP contribution is -2.39. The van der Waals surface area contributed by atoms with Gasteiger partial charge in [-0.05, 0) is 37.1 Å². The molecule has 4 nitrogen and oxygen atoms in total. The lowest BCUT2D eigenvalue weighted by atomic mass is 10.0. The summed E-state index contributed by atoms with van der Waals surface area (Å²) >= 11 is 5.73. The lowest BCUT2D eigenvalue weighted by molar-refractivity contribution is -0.139. The maximum Gasteiger partial charge on any atom is 0.321 e. The molecule has 1 aliphatic rings. The summed E-state index contributed by atoms with van der Waals surface area (Å²) in [5.74, 6) is -1.17. The molecule has 18 heavy (non-hydrogen) atoms. The van der Waals surface area contributed by atoms with Gasteiger partial charge in [0.15, 0.2) is 5.78 Å². The average molecular weight is 268 g/mol.